The number of aliphatic hydroxyl groups excluding tert-OH is 1. The SMILES string of the molecule is CC(CO)CSCc1ccc(N)cc1F. The van der Waals surface area contributed by atoms with Crippen molar-refractivity contribution >= 4 is 17.4 Å². The first kappa shape index (κ1) is 12.3. The van der Waals surface area contributed by atoms with Crippen LogP contribution in [0.15, 0.2) is 18.2 Å². The molecule has 1 rings (SSSR count). The second-order valence-electron chi connectivity index (χ2n) is 3.65. The molecule has 1 aromatic carbocycles. The van der Waals surface area contributed by atoms with Crippen molar-refractivity contribution in [2.45, 2.75) is 12.7 Å². The molecular formula is C11H16FNOS. The molecule has 0 fully saturated rings. The number of nitrogens with two attached hydrogens (primary N) is 1. The summed E-state index contributed by atoms with van der Waals surface area (Å²) < 4.78 is 13.3. The Labute approximate surface area is 93.7 Å². The summed E-state index contributed by atoms with van der Waals surface area (Å²) in [7, 11) is 0. The zero-order valence-corrected chi connectivity index (χ0v) is 9.56. The molecule has 2 nitrogen and oxygen atoms in total. The Hall–Kier alpha value is -0.740. The summed E-state index contributed by atoms with van der Waals surface area (Å²) in [6, 6.07) is 4.75. The van der Waals surface area contributed by atoms with E-state index in [1.807, 2.05) is 6.92 Å². The lowest BCUT2D eigenvalue weighted by Crippen LogP contribution is -2.03. The zero-order valence-electron chi connectivity index (χ0n) is 8.74. The van der Waals surface area contributed by atoms with Crippen LogP contribution >= 0.6 is 11.8 Å². The predicted molar refractivity (Wildman–Crippen MR) is 63.2 cm³/mol. The van der Waals surface area contributed by atoms with E-state index in [1.54, 1.807) is 23.9 Å². The van der Waals surface area contributed by atoms with E-state index in [2.05, 4.69) is 0 Å². The third-order valence-electron chi connectivity index (χ3n) is 2.05. The van der Waals surface area contributed by atoms with Gasteiger partial charge in [0.2, 0.25) is 0 Å². The Bertz CT molecular complexity index is 319. The highest BCUT2D eigenvalue weighted by atomic mass is 32.2. The summed E-state index contributed by atoms with van der Waals surface area (Å²) >= 11 is 1.62. The van der Waals surface area contributed by atoms with Gasteiger partial charge in [-0.05, 0) is 29.4 Å². The van der Waals surface area contributed by atoms with E-state index in [-0.39, 0.29) is 18.3 Å². The average molecular weight is 229 g/mol. The number of thioether (sulfide) groups is 1. The zero-order chi connectivity index (χ0) is 11.3. The largest absolute Gasteiger partial charge is 0.399 e. The first-order valence-corrected chi connectivity index (χ1v) is 6.01. The van der Waals surface area contributed by atoms with Crippen molar-refractivity contribution in [1.29, 1.82) is 0 Å². The Morgan fingerprint density at radius 2 is 2.27 bits per heavy atom. The lowest BCUT2D eigenvalue weighted by Gasteiger charge is -2.07. The first-order valence-electron chi connectivity index (χ1n) is 4.86. The van der Waals surface area contributed by atoms with Crippen molar-refractivity contribution < 1.29 is 9.50 Å². The molecule has 1 aromatic rings. The van der Waals surface area contributed by atoms with Crippen LogP contribution < -0.4 is 5.73 Å². The third-order valence-corrected chi connectivity index (χ3v) is 3.37. The maximum Gasteiger partial charge on any atom is 0.129 e. The Morgan fingerprint density at radius 3 is 2.87 bits per heavy atom. The fourth-order valence-corrected chi connectivity index (χ4v) is 2.18. The Balaban J connectivity index is 2.44. The molecule has 0 bridgehead atoms. The number of benzene rings is 1. The van der Waals surface area contributed by atoms with E-state index in [0.29, 0.717) is 17.0 Å². The molecule has 0 saturated heterocycles. The van der Waals surface area contributed by atoms with Crippen molar-refractivity contribution in [3.05, 3.63) is 29.6 Å². The smallest absolute Gasteiger partial charge is 0.129 e. The van der Waals surface area contributed by atoms with Gasteiger partial charge in [-0.15, -0.1) is 0 Å². The molecule has 0 aliphatic carbocycles. The van der Waals surface area contributed by atoms with Gasteiger partial charge in [0.25, 0.3) is 0 Å². The fourth-order valence-electron chi connectivity index (χ4n) is 1.10. The maximum absolute atomic E-state index is 13.3. The van der Waals surface area contributed by atoms with Gasteiger partial charge in [0.05, 0.1) is 0 Å². The highest BCUT2D eigenvalue weighted by Gasteiger charge is 2.04. The summed E-state index contributed by atoms with van der Waals surface area (Å²) in [5, 5.41) is 8.82. The number of hydrogen-bond acceptors (Lipinski definition) is 3. The average Bonchev–Trinajstić information content (AvgIpc) is 2.21. The van der Waals surface area contributed by atoms with Crippen LogP contribution in [-0.4, -0.2) is 17.5 Å². The third kappa shape index (κ3) is 4.10. The van der Waals surface area contributed by atoms with Gasteiger partial charge in [0.15, 0.2) is 0 Å². The normalized spacial score (nSPS) is 12.7. The topological polar surface area (TPSA) is 46.2 Å². The molecular weight excluding hydrogens is 213 g/mol. The van der Waals surface area contributed by atoms with E-state index in [9.17, 15) is 4.39 Å². The van der Waals surface area contributed by atoms with Crippen LogP contribution in [0.5, 0.6) is 0 Å². The van der Waals surface area contributed by atoms with Crippen LogP contribution in [0.3, 0.4) is 0 Å². The van der Waals surface area contributed by atoms with Crippen molar-refractivity contribution in [3.63, 3.8) is 0 Å². The van der Waals surface area contributed by atoms with Gasteiger partial charge in [0, 0.05) is 18.0 Å². The van der Waals surface area contributed by atoms with Gasteiger partial charge in [-0.2, -0.15) is 11.8 Å². The lowest BCUT2D eigenvalue weighted by molar-refractivity contribution is 0.250. The summed E-state index contributed by atoms with van der Waals surface area (Å²) in [4.78, 5) is 0. The van der Waals surface area contributed by atoms with E-state index >= 15 is 0 Å². The molecule has 3 N–H and O–H groups in total. The van der Waals surface area contributed by atoms with Gasteiger partial charge < -0.3 is 10.8 Å². The second-order valence-corrected chi connectivity index (χ2v) is 4.68. The molecule has 84 valence electrons. The predicted octanol–water partition coefficient (Wildman–Crippen LogP) is 2.27. The van der Waals surface area contributed by atoms with Crippen LogP contribution in [0.2, 0.25) is 0 Å². The van der Waals surface area contributed by atoms with Crippen molar-refractivity contribution in [3.8, 4) is 0 Å². The molecule has 1 unspecified atom stereocenters. The number of halogens is 1. The van der Waals surface area contributed by atoms with Crippen molar-refractivity contribution in [1.82, 2.24) is 0 Å². The number of nitrogen functional groups attached to an aromatic ring is 1. The van der Waals surface area contributed by atoms with Gasteiger partial charge in [-0.3, -0.25) is 0 Å². The van der Waals surface area contributed by atoms with E-state index in [1.165, 1.54) is 6.07 Å². The van der Waals surface area contributed by atoms with E-state index in [0.717, 1.165) is 5.75 Å². The highest BCUT2D eigenvalue weighted by molar-refractivity contribution is 7.98. The van der Waals surface area contributed by atoms with Gasteiger partial charge in [-0.1, -0.05) is 13.0 Å². The maximum atomic E-state index is 13.3. The summed E-state index contributed by atoms with van der Waals surface area (Å²) in [6.45, 7) is 2.14. The minimum atomic E-state index is -0.251. The van der Waals surface area contributed by atoms with Crippen LogP contribution in [0.4, 0.5) is 10.1 Å². The van der Waals surface area contributed by atoms with E-state index < -0.39 is 0 Å². The Morgan fingerprint density at radius 1 is 1.53 bits per heavy atom. The van der Waals surface area contributed by atoms with Crippen molar-refractivity contribution in [2.24, 2.45) is 5.92 Å². The number of anilines is 1. The molecule has 0 aromatic heterocycles. The van der Waals surface area contributed by atoms with Gasteiger partial charge >= 0.3 is 0 Å². The molecule has 0 aliphatic rings. The molecule has 4 heteroatoms. The van der Waals surface area contributed by atoms with E-state index in [4.69, 9.17) is 10.8 Å². The first-order chi connectivity index (χ1) is 7.13. The molecule has 0 heterocycles. The van der Waals surface area contributed by atoms with Crippen LogP contribution in [0, 0.1) is 11.7 Å². The number of hydrogen-bond donors (Lipinski definition) is 2. The van der Waals surface area contributed by atoms with Crippen molar-refractivity contribution in [2.75, 3.05) is 18.1 Å². The number of rotatable bonds is 5. The van der Waals surface area contributed by atoms with Crippen LogP contribution in [0.25, 0.3) is 0 Å². The molecule has 0 amide bonds. The lowest BCUT2D eigenvalue weighted by atomic mass is 10.2. The minimum Gasteiger partial charge on any atom is -0.399 e. The fraction of sp³-hybridized carbons (Fsp3) is 0.455. The summed E-state index contributed by atoms with van der Waals surface area (Å²) in [5.74, 6) is 1.46. The molecule has 15 heavy (non-hydrogen) atoms. The molecule has 0 saturated carbocycles. The van der Waals surface area contributed by atoms with Crippen LogP contribution in [0.1, 0.15) is 12.5 Å². The number of aliphatic hydroxyl groups is 1. The molecule has 0 radical (unpaired) electrons. The van der Waals surface area contributed by atoms with Crippen LogP contribution in [-0.2, 0) is 5.75 Å². The standard InChI is InChI=1S/C11H16FNOS/c1-8(5-14)6-15-7-9-2-3-10(13)4-11(9)12/h2-4,8,14H,5-7,13H2,1H3. The second kappa shape index (κ2) is 5.98. The highest BCUT2D eigenvalue weighted by Crippen LogP contribution is 2.19. The molecule has 1 atom stereocenters. The van der Waals surface area contributed by atoms with Gasteiger partial charge in [0.1, 0.15) is 5.82 Å². The monoisotopic (exact) mass is 229 g/mol. The quantitative estimate of drug-likeness (QED) is 0.761. The summed E-state index contributed by atoms with van der Waals surface area (Å²) in [6.07, 6.45) is 0. The van der Waals surface area contributed by atoms with Gasteiger partial charge in [-0.25, -0.2) is 4.39 Å². The Kier molecular flexibility index (Phi) is 4.91. The molecule has 0 aliphatic heterocycles. The minimum absolute atomic E-state index is 0.178. The summed E-state index contributed by atoms with van der Waals surface area (Å²) in [5.41, 5.74) is 6.56. The molecule has 0 spiro atoms.